The molecule has 2 amide bonds. The van der Waals surface area contributed by atoms with Crippen molar-refractivity contribution >= 4 is 40.9 Å². The molecular weight excluding hydrogens is 413 g/mol. The standard InChI is InChI=1S/C19H18ClF3N2O2S/c1-25(18(27)13-5-3-12(4-6-13)11-28-2)10-17(26)24-14-7-8-16(20)15(9-14)19(21,22)23/h3-9H,10-11H2,1-2H3,(H,24,26). The molecule has 2 rings (SSSR count). The van der Waals surface area contributed by atoms with Crippen molar-refractivity contribution in [1.29, 1.82) is 0 Å². The lowest BCUT2D eigenvalue weighted by Gasteiger charge is -2.17. The lowest BCUT2D eigenvalue weighted by atomic mass is 10.1. The molecule has 0 aromatic heterocycles. The Labute approximate surface area is 170 Å². The van der Waals surface area contributed by atoms with E-state index in [1.807, 2.05) is 18.4 Å². The Morgan fingerprint density at radius 1 is 1.14 bits per heavy atom. The van der Waals surface area contributed by atoms with Gasteiger partial charge in [0.05, 0.1) is 17.1 Å². The normalized spacial score (nSPS) is 11.2. The maximum atomic E-state index is 12.9. The van der Waals surface area contributed by atoms with Crippen LogP contribution in [-0.2, 0) is 16.7 Å². The van der Waals surface area contributed by atoms with Crippen molar-refractivity contribution in [3.8, 4) is 0 Å². The van der Waals surface area contributed by atoms with Crippen LogP contribution in [0, 0.1) is 0 Å². The highest BCUT2D eigenvalue weighted by Gasteiger charge is 2.33. The van der Waals surface area contributed by atoms with Crippen LogP contribution in [0.5, 0.6) is 0 Å². The predicted octanol–water partition coefficient (Wildman–Crippen LogP) is 4.93. The first-order chi connectivity index (χ1) is 13.1. The van der Waals surface area contributed by atoms with Crippen LogP contribution in [0.1, 0.15) is 21.5 Å². The van der Waals surface area contributed by atoms with E-state index in [2.05, 4.69) is 5.32 Å². The highest BCUT2D eigenvalue weighted by Crippen LogP contribution is 2.36. The molecule has 0 saturated heterocycles. The number of nitrogens with zero attached hydrogens (tertiary/aromatic N) is 1. The monoisotopic (exact) mass is 430 g/mol. The van der Waals surface area contributed by atoms with Crippen LogP contribution < -0.4 is 5.32 Å². The molecule has 0 aliphatic carbocycles. The number of thioether (sulfide) groups is 1. The molecule has 0 aliphatic rings. The fraction of sp³-hybridized carbons (Fsp3) is 0.263. The van der Waals surface area contributed by atoms with Crippen LogP contribution in [0.3, 0.4) is 0 Å². The average molecular weight is 431 g/mol. The first-order valence-corrected chi connectivity index (χ1v) is 9.89. The number of anilines is 1. The third kappa shape index (κ3) is 5.90. The number of nitrogens with one attached hydrogen (secondary N) is 1. The SMILES string of the molecule is CSCc1ccc(C(=O)N(C)CC(=O)Nc2ccc(Cl)c(C(F)(F)F)c2)cc1. The van der Waals surface area contributed by atoms with Crippen LogP contribution >= 0.6 is 23.4 Å². The maximum absolute atomic E-state index is 12.9. The fourth-order valence-electron chi connectivity index (χ4n) is 2.44. The molecule has 9 heteroatoms. The first-order valence-electron chi connectivity index (χ1n) is 8.11. The van der Waals surface area contributed by atoms with Gasteiger partial charge in [-0.15, -0.1) is 0 Å². The number of alkyl halides is 3. The molecule has 0 aliphatic heterocycles. The van der Waals surface area contributed by atoms with Gasteiger partial charge in [0.25, 0.3) is 5.91 Å². The summed E-state index contributed by atoms with van der Waals surface area (Å²) in [4.78, 5) is 25.7. The zero-order chi connectivity index (χ0) is 20.9. The molecule has 0 unspecified atom stereocenters. The summed E-state index contributed by atoms with van der Waals surface area (Å²) in [6.45, 7) is -0.310. The van der Waals surface area contributed by atoms with Gasteiger partial charge in [-0.3, -0.25) is 9.59 Å². The molecule has 0 spiro atoms. The summed E-state index contributed by atoms with van der Waals surface area (Å²) in [5, 5.41) is 1.89. The van der Waals surface area contributed by atoms with Crippen molar-refractivity contribution in [3.63, 3.8) is 0 Å². The number of rotatable bonds is 6. The van der Waals surface area contributed by atoms with E-state index in [9.17, 15) is 22.8 Å². The summed E-state index contributed by atoms with van der Waals surface area (Å²) >= 11 is 7.22. The molecule has 28 heavy (non-hydrogen) atoms. The molecule has 2 aromatic carbocycles. The molecule has 2 aromatic rings. The van der Waals surface area contributed by atoms with Crippen molar-refractivity contribution in [2.75, 3.05) is 25.2 Å². The number of benzene rings is 2. The number of carbonyl (C=O) groups excluding carboxylic acids is 2. The second-order valence-electron chi connectivity index (χ2n) is 6.03. The highest BCUT2D eigenvalue weighted by molar-refractivity contribution is 7.97. The molecule has 0 saturated carbocycles. The Balaban J connectivity index is 2.01. The van der Waals surface area contributed by atoms with Crippen LogP contribution in [0.4, 0.5) is 18.9 Å². The lowest BCUT2D eigenvalue weighted by molar-refractivity contribution is -0.137. The van der Waals surface area contributed by atoms with Crippen LogP contribution in [0.2, 0.25) is 5.02 Å². The Bertz CT molecular complexity index is 857. The molecule has 0 bridgehead atoms. The number of amides is 2. The Morgan fingerprint density at radius 3 is 2.36 bits per heavy atom. The molecule has 0 heterocycles. The minimum atomic E-state index is -4.63. The smallest absolute Gasteiger partial charge is 0.332 e. The van der Waals surface area contributed by atoms with Crippen molar-refractivity contribution in [1.82, 2.24) is 4.90 Å². The van der Waals surface area contributed by atoms with Gasteiger partial charge < -0.3 is 10.2 Å². The minimum absolute atomic E-state index is 0.0519. The number of halogens is 4. The number of hydrogen-bond donors (Lipinski definition) is 1. The maximum Gasteiger partial charge on any atom is 0.417 e. The van der Waals surface area contributed by atoms with E-state index < -0.39 is 22.7 Å². The van der Waals surface area contributed by atoms with Gasteiger partial charge in [-0.25, -0.2) is 0 Å². The van der Waals surface area contributed by atoms with E-state index in [1.54, 1.807) is 23.9 Å². The third-order valence-corrected chi connectivity index (χ3v) is 4.75. The third-order valence-electron chi connectivity index (χ3n) is 3.79. The quantitative estimate of drug-likeness (QED) is 0.706. The zero-order valence-electron chi connectivity index (χ0n) is 15.1. The van der Waals surface area contributed by atoms with Gasteiger partial charge in [-0.05, 0) is 42.2 Å². The molecule has 0 fully saturated rings. The van der Waals surface area contributed by atoms with Gasteiger partial charge in [0, 0.05) is 24.1 Å². The Hall–Kier alpha value is -2.19. The van der Waals surface area contributed by atoms with Crippen molar-refractivity contribution in [2.24, 2.45) is 0 Å². The largest absolute Gasteiger partial charge is 0.417 e. The predicted molar refractivity (Wildman–Crippen MR) is 106 cm³/mol. The van der Waals surface area contributed by atoms with Gasteiger partial charge in [-0.1, -0.05) is 23.7 Å². The van der Waals surface area contributed by atoms with Crippen LogP contribution in [-0.4, -0.2) is 36.6 Å². The van der Waals surface area contributed by atoms with Crippen LogP contribution in [0.15, 0.2) is 42.5 Å². The molecular formula is C19H18ClF3N2O2S. The molecule has 0 atom stereocenters. The Morgan fingerprint density at radius 2 is 1.79 bits per heavy atom. The van der Waals surface area contributed by atoms with Gasteiger partial charge in [-0.2, -0.15) is 24.9 Å². The second kappa shape index (κ2) is 9.34. The van der Waals surface area contributed by atoms with E-state index in [4.69, 9.17) is 11.6 Å². The summed E-state index contributed by atoms with van der Waals surface area (Å²) in [6.07, 6.45) is -2.66. The van der Waals surface area contributed by atoms with Crippen molar-refractivity contribution in [2.45, 2.75) is 11.9 Å². The average Bonchev–Trinajstić information content (AvgIpc) is 2.62. The molecule has 4 nitrogen and oxygen atoms in total. The van der Waals surface area contributed by atoms with Gasteiger partial charge >= 0.3 is 6.18 Å². The summed E-state index contributed by atoms with van der Waals surface area (Å²) in [7, 11) is 1.45. The summed E-state index contributed by atoms with van der Waals surface area (Å²) in [6, 6.07) is 10.1. The lowest BCUT2D eigenvalue weighted by Crippen LogP contribution is -2.35. The van der Waals surface area contributed by atoms with E-state index in [0.29, 0.717) is 5.56 Å². The van der Waals surface area contributed by atoms with Crippen molar-refractivity contribution in [3.05, 3.63) is 64.2 Å². The topological polar surface area (TPSA) is 49.4 Å². The zero-order valence-corrected chi connectivity index (χ0v) is 16.7. The van der Waals surface area contributed by atoms with Crippen molar-refractivity contribution < 1.29 is 22.8 Å². The summed E-state index contributed by atoms with van der Waals surface area (Å²) in [5.74, 6) is -0.156. The van der Waals surface area contributed by atoms with E-state index >= 15 is 0 Å². The number of likely N-dealkylation sites (N-methyl/N-ethyl adjacent to an activating group) is 1. The first kappa shape index (κ1) is 22.1. The number of hydrogen-bond acceptors (Lipinski definition) is 3. The molecule has 0 radical (unpaired) electrons. The van der Waals surface area contributed by atoms with E-state index in [1.165, 1.54) is 18.0 Å². The summed E-state index contributed by atoms with van der Waals surface area (Å²) in [5.41, 5.74) is 0.407. The second-order valence-corrected chi connectivity index (χ2v) is 7.30. The Kier molecular flexibility index (Phi) is 7.37. The minimum Gasteiger partial charge on any atom is -0.332 e. The van der Waals surface area contributed by atoms with Gasteiger partial charge in [0.2, 0.25) is 5.91 Å². The summed E-state index contributed by atoms with van der Waals surface area (Å²) < 4.78 is 38.7. The number of carbonyl (C=O) groups is 2. The van der Waals surface area contributed by atoms with E-state index in [0.717, 1.165) is 23.4 Å². The molecule has 1 N–H and O–H groups in total. The fourth-order valence-corrected chi connectivity index (χ4v) is 3.19. The van der Waals surface area contributed by atoms with E-state index in [-0.39, 0.29) is 18.1 Å². The van der Waals surface area contributed by atoms with Crippen LogP contribution in [0.25, 0.3) is 0 Å². The molecule has 150 valence electrons. The highest BCUT2D eigenvalue weighted by atomic mass is 35.5. The van der Waals surface area contributed by atoms with Gasteiger partial charge in [0.1, 0.15) is 0 Å². The van der Waals surface area contributed by atoms with Gasteiger partial charge in [0.15, 0.2) is 0 Å².